The Balaban J connectivity index is 2.31. The van der Waals surface area contributed by atoms with E-state index in [1.54, 1.807) is 19.1 Å². The molecular weight excluding hydrogens is 236 g/mol. The van der Waals surface area contributed by atoms with Crippen molar-refractivity contribution in [2.45, 2.75) is 13.5 Å². The fraction of sp³-hybridized carbons (Fsp3) is 0.182. The lowest BCUT2D eigenvalue weighted by atomic mass is 10.1. The number of nitro benzene ring substituents is 1. The van der Waals surface area contributed by atoms with Crippen LogP contribution in [0.5, 0.6) is 0 Å². The highest BCUT2D eigenvalue weighted by atomic mass is 16.6. The van der Waals surface area contributed by atoms with Crippen molar-refractivity contribution in [1.29, 1.82) is 0 Å². The summed E-state index contributed by atoms with van der Waals surface area (Å²) in [6.45, 7) is 2.03. The van der Waals surface area contributed by atoms with E-state index in [2.05, 4.69) is 10.3 Å². The molecule has 0 fully saturated rings. The second-order valence-corrected chi connectivity index (χ2v) is 3.78. The molecule has 7 nitrogen and oxygen atoms in total. The lowest BCUT2D eigenvalue weighted by molar-refractivity contribution is -0.385. The smallest absolute Gasteiger partial charge is 0.272 e. The van der Waals surface area contributed by atoms with Crippen LogP contribution in [0.2, 0.25) is 0 Å². The Kier molecular flexibility index (Phi) is 3.13. The number of benzene rings is 1. The fourth-order valence-electron chi connectivity index (χ4n) is 1.66. The summed E-state index contributed by atoms with van der Waals surface area (Å²) in [5, 5.41) is 18.2. The van der Waals surface area contributed by atoms with E-state index in [-0.39, 0.29) is 11.4 Å². The van der Waals surface area contributed by atoms with Gasteiger partial charge >= 0.3 is 0 Å². The summed E-state index contributed by atoms with van der Waals surface area (Å²) in [5.74, 6) is 0. The van der Waals surface area contributed by atoms with Gasteiger partial charge in [0.25, 0.3) is 5.69 Å². The minimum Gasteiger partial charge on any atom is -0.296 e. The monoisotopic (exact) mass is 246 g/mol. The van der Waals surface area contributed by atoms with E-state index in [4.69, 9.17) is 0 Å². The molecule has 0 aliphatic rings. The molecule has 1 heterocycles. The summed E-state index contributed by atoms with van der Waals surface area (Å²) in [6, 6.07) is 4.86. The molecule has 0 radical (unpaired) electrons. The van der Waals surface area contributed by atoms with Gasteiger partial charge in [-0.25, -0.2) is 4.68 Å². The Morgan fingerprint density at radius 1 is 1.50 bits per heavy atom. The lowest BCUT2D eigenvalue weighted by Gasteiger charge is -2.05. The SMILES string of the molecule is Cc1c(Cn2cc(C=O)nn2)cccc1[N+](=O)[O-]. The molecule has 0 saturated carbocycles. The Hall–Kier alpha value is -2.57. The maximum absolute atomic E-state index is 10.8. The van der Waals surface area contributed by atoms with Crippen LogP contribution in [0.4, 0.5) is 5.69 Å². The van der Waals surface area contributed by atoms with Crippen LogP contribution in [-0.2, 0) is 6.54 Å². The van der Waals surface area contributed by atoms with E-state index >= 15 is 0 Å². The van der Waals surface area contributed by atoms with Crippen molar-refractivity contribution < 1.29 is 9.72 Å². The molecular formula is C11H10N4O3. The number of hydrogen-bond donors (Lipinski definition) is 0. The highest BCUT2D eigenvalue weighted by Crippen LogP contribution is 2.21. The molecule has 2 aromatic rings. The van der Waals surface area contributed by atoms with Crippen LogP contribution in [0.25, 0.3) is 0 Å². The third-order valence-electron chi connectivity index (χ3n) is 2.62. The molecule has 0 aliphatic heterocycles. The summed E-state index contributed by atoms with van der Waals surface area (Å²) in [4.78, 5) is 20.9. The molecule has 0 amide bonds. The first-order valence-electron chi connectivity index (χ1n) is 5.20. The Labute approximate surface area is 102 Å². The van der Waals surface area contributed by atoms with Gasteiger partial charge in [0.15, 0.2) is 6.29 Å². The molecule has 92 valence electrons. The molecule has 0 bridgehead atoms. The summed E-state index contributed by atoms with van der Waals surface area (Å²) in [5.41, 5.74) is 1.67. The number of aldehydes is 1. The zero-order valence-electron chi connectivity index (χ0n) is 9.61. The van der Waals surface area contributed by atoms with Crippen molar-refractivity contribution in [2.24, 2.45) is 0 Å². The van der Waals surface area contributed by atoms with E-state index in [0.29, 0.717) is 18.4 Å². The predicted molar refractivity (Wildman–Crippen MR) is 62.3 cm³/mol. The van der Waals surface area contributed by atoms with E-state index in [9.17, 15) is 14.9 Å². The largest absolute Gasteiger partial charge is 0.296 e. The van der Waals surface area contributed by atoms with E-state index in [0.717, 1.165) is 5.56 Å². The van der Waals surface area contributed by atoms with Gasteiger partial charge < -0.3 is 0 Å². The summed E-state index contributed by atoms with van der Waals surface area (Å²) in [6.07, 6.45) is 2.09. The van der Waals surface area contributed by atoms with Crippen LogP contribution >= 0.6 is 0 Å². The number of carbonyl (C=O) groups is 1. The third kappa shape index (κ3) is 2.24. The van der Waals surface area contributed by atoms with E-state index < -0.39 is 4.92 Å². The summed E-state index contributed by atoms with van der Waals surface area (Å²) >= 11 is 0. The molecule has 0 unspecified atom stereocenters. The highest BCUT2D eigenvalue weighted by Gasteiger charge is 2.13. The predicted octanol–water partition coefficient (Wildman–Crippen LogP) is 1.36. The second-order valence-electron chi connectivity index (χ2n) is 3.78. The first-order chi connectivity index (χ1) is 8.61. The Morgan fingerprint density at radius 3 is 2.89 bits per heavy atom. The van der Waals surface area contributed by atoms with Crippen LogP contribution in [0, 0.1) is 17.0 Å². The standard InChI is InChI=1S/C11H10N4O3/c1-8-9(3-2-4-11(8)15(17)18)5-14-6-10(7-16)12-13-14/h2-4,6-7H,5H2,1H3. The van der Waals surface area contributed by atoms with Crippen molar-refractivity contribution in [2.75, 3.05) is 0 Å². The average molecular weight is 246 g/mol. The van der Waals surface area contributed by atoms with E-state index in [1.165, 1.54) is 16.9 Å². The number of nitro groups is 1. The second kappa shape index (κ2) is 4.74. The first kappa shape index (κ1) is 11.9. The molecule has 2 rings (SSSR count). The number of rotatable bonds is 4. The van der Waals surface area contributed by atoms with Crippen LogP contribution in [0.3, 0.4) is 0 Å². The van der Waals surface area contributed by atoms with E-state index in [1.807, 2.05) is 0 Å². The Morgan fingerprint density at radius 2 is 2.28 bits per heavy atom. The molecule has 18 heavy (non-hydrogen) atoms. The normalized spacial score (nSPS) is 10.3. The molecule has 1 aromatic heterocycles. The highest BCUT2D eigenvalue weighted by molar-refractivity contribution is 5.70. The fourth-order valence-corrected chi connectivity index (χ4v) is 1.66. The van der Waals surface area contributed by atoms with Gasteiger partial charge in [0.1, 0.15) is 5.69 Å². The molecule has 0 aliphatic carbocycles. The minimum atomic E-state index is -0.420. The van der Waals surface area contributed by atoms with Crippen molar-refractivity contribution in [3.8, 4) is 0 Å². The third-order valence-corrected chi connectivity index (χ3v) is 2.62. The number of carbonyl (C=O) groups excluding carboxylic acids is 1. The van der Waals surface area contributed by atoms with Crippen LogP contribution in [0.1, 0.15) is 21.6 Å². The molecule has 0 saturated heterocycles. The van der Waals surface area contributed by atoms with Crippen molar-refractivity contribution in [1.82, 2.24) is 15.0 Å². The summed E-state index contributed by atoms with van der Waals surface area (Å²) in [7, 11) is 0. The average Bonchev–Trinajstić information content (AvgIpc) is 2.79. The van der Waals surface area contributed by atoms with Gasteiger partial charge in [0, 0.05) is 11.6 Å². The maximum Gasteiger partial charge on any atom is 0.272 e. The van der Waals surface area contributed by atoms with Gasteiger partial charge in [-0.15, -0.1) is 5.10 Å². The van der Waals surface area contributed by atoms with Crippen LogP contribution in [0.15, 0.2) is 24.4 Å². The number of aromatic nitrogens is 3. The van der Waals surface area contributed by atoms with Crippen molar-refractivity contribution in [3.63, 3.8) is 0 Å². The molecule has 0 N–H and O–H groups in total. The molecule has 1 aromatic carbocycles. The van der Waals surface area contributed by atoms with Gasteiger partial charge in [-0.05, 0) is 12.5 Å². The minimum absolute atomic E-state index is 0.0724. The zero-order chi connectivity index (χ0) is 13.1. The summed E-state index contributed by atoms with van der Waals surface area (Å²) < 4.78 is 1.47. The quantitative estimate of drug-likeness (QED) is 0.461. The number of nitrogens with zero attached hydrogens (tertiary/aromatic N) is 4. The topological polar surface area (TPSA) is 90.9 Å². The van der Waals surface area contributed by atoms with Crippen LogP contribution < -0.4 is 0 Å². The van der Waals surface area contributed by atoms with Gasteiger partial charge in [0.05, 0.1) is 17.7 Å². The Bertz CT molecular complexity index is 606. The first-order valence-corrected chi connectivity index (χ1v) is 5.20. The molecule has 0 spiro atoms. The number of hydrogen-bond acceptors (Lipinski definition) is 5. The zero-order valence-corrected chi connectivity index (χ0v) is 9.61. The maximum atomic E-state index is 10.8. The lowest BCUT2D eigenvalue weighted by Crippen LogP contribution is -2.04. The van der Waals surface area contributed by atoms with Crippen molar-refractivity contribution >= 4 is 12.0 Å². The van der Waals surface area contributed by atoms with Crippen LogP contribution in [-0.4, -0.2) is 26.2 Å². The van der Waals surface area contributed by atoms with Crippen molar-refractivity contribution in [3.05, 3.63) is 51.3 Å². The van der Waals surface area contributed by atoms with Gasteiger partial charge in [-0.1, -0.05) is 17.3 Å². The van der Waals surface area contributed by atoms with Gasteiger partial charge in [-0.3, -0.25) is 14.9 Å². The molecule has 7 heteroatoms. The molecule has 0 atom stereocenters. The van der Waals surface area contributed by atoms with Gasteiger partial charge in [-0.2, -0.15) is 0 Å². The van der Waals surface area contributed by atoms with Gasteiger partial charge in [0.2, 0.25) is 0 Å².